The number of carbonyl (C=O) groups excluding carboxylic acids is 1. The zero-order chi connectivity index (χ0) is 16.5. The van der Waals surface area contributed by atoms with Gasteiger partial charge in [0, 0.05) is 35.7 Å². The molecular weight excluding hydrogens is 327 g/mol. The van der Waals surface area contributed by atoms with Gasteiger partial charge in [-0.3, -0.25) is 4.79 Å². The fraction of sp³-hybridized carbons (Fsp3) is 0.222. The average molecular weight is 342 g/mol. The van der Waals surface area contributed by atoms with E-state index < -0.39 is 0 Å². The average Bonchev–Trinajstić information content (AvgIpc) is 3.05. The quantitative estimate of drug-likeness (QED) is 0.710. The normalized spacial score (nSPS) is 15.0. The number of oxazole rings is 1. The topological polar surface area (TPSA) is 46.3 Å². The third-order valence-electron chi connectivity index (χ3n) is 4.00. The van der Waals surface area contributed by atoms with Crippen LogP contribution in [0.4, 0.5) is 4.39 Å². The van der Waals surface area contributed by atoms with Gasteiger partial charge in [0.05, 0.1) is 0 Å². The molecule has 1 fully saturated rings. The lowest BCUT2D eigenvalue weighted by atomic mass is 10.2. The van der Waals surface area contributed by atoms with Crippen LogP contribution in [-0.4, -0.2) is 40.4 Å². The van der Waals surface area contributed by atoms with Crippen molar-refractivity contribution in [3.63, 3.8) is 0 Å². The van der Waals surface area contributed by atoms with Crippen LogP contribution in [0.15, 0.2) is 46.9 Å². The molecule has 6 heteroatoms. The molecule has 0 atom stereocenters. The molecule has 1 amide bonds. The molecule has 0 aliphatic carbocycles. The Morgan fingerprint density at radius 1 is 1.17 bits per heavy atom. The fourth-order valence-electron chi connectivity index (χ4n) is 2.75. The van der Waals surface area contributed by atoms with Gasteiger partial charge in [0.1, 0.15) is 11.3 Å². The van der Waals surface area contributed by atoms with Crippen LogP contribution in [0.3, 0.4) is 0 Å². The molecule has 1 aliphatic heterocycles. The van der Waals surface area contributed by atoms with E-state index in [0.717, 1.165) is 24.6 Å². The number of halogens is 1. The Labute approximate surface area is 142 Å². The maximum atomic E-state index is 13.4. The van der Waals surface area contributed by atoms with Crippen LogP contribution in [0, 0.1) is 5.82 Å². The van der Waals surface area contributed by atoms with E-state index in [1.165, 1.54) is 12.1 Å². The first-order valence-electron chi connectivity index (χ1n) is 7.74. The van der Waals surface area contributed by atoms with E-state index in [1.54, 1.807) is 30.3 Å². The maximum Gasteiger partial charge on any atom is 0.253 e. The van der Waals surface area contributed by atoms with E-state index in [4.69, 9.17) is 4.42 Å². The first-order valence-corrected chi connectivity index (χ1v) is 8.90. The monoisotopic (exact) mass is 342 g/mol. The minimum Gasteiger partial charge on any atom is -0.436 e. The number of hydrogen-bond donors (Lipinski definition) is 0. The number of hydrogen-bond acceptors (Lipinski definition) is 4. The van der Waals surface area contributed by atoms with Gasteiger partial charge in [0.25, 0.3) is 5.91 Å². The van der Waals surface area contributed by atoms with Crippen LogP contribution in [0.5, 0.6) is 0 Å². The standard InChI is InChI=1S/C18H15FN2O2S/c19-14-3-1-2-12(10-14)17-20-15-11-13(4-5-16(15)23-17)18(22)21-6-8-24-9-7-21/h1-5,10-11H,6-9H2. The number of fused-ring (bicyclic) bond motifs is 1. The lowest BCUT2D eigenvalue weighted by Crippen LogP contribution is -2.37. The summed E-state index contributed by atoms with van der Waals surface area (Å²) in [7, 11) is 0. The molecule has 2 aromatic carbocycles. The van der Waals surface area contributed by atoms with E-state index in [9.17, 15) is 9.18 Å². The van der Waals surface area contributed by atoms with Crippen LogP contribution < -0.4 is 0 Å². The third kappa shape index (κ3) is 2.89. The predicted octanol–water partition coefficient (Wildman–Crippen LogP) is 3.82. The summed E-state index contributed by atoms with van der Waals surface area (Å²) in [4.78, 5) is 18.8. The molecule has 2 heterocycles. The Balaban J connectivity index is 1.67. The number of aromatic nitrogens is 1. The molecule has 0 radical (unpaired) electrons. The Kier molecular flexibility index (Phi) is 3.98. The Morgan fingerprint density at radius 2 is 2.00 bits per heavy atom. The third-order valence-corrected chi connectivity index (χ3v) is 4.95. The number of thioether (sulfide) groups is 1. The van der Waals surface area contributed by atoms with Crippen molar-refractivity contribution < 1.29 is 13.6 Å². The largest absolute Gasteiger partial charge is 0.436 e. The highest BCUT2D eigenvalue weighted by Crippen LogP contribution is 2.26. The van der Waals surface area contributed by atoms with Gasteiger partial charge in [-0.25, -0.2) is 9.37 Å². The van der Waals surface area contributed by atoms with Crippen LogP contribution in [0.25, 0.3) is 22.6 Å². The van der Waals surface area contributed by atoms with Crippen molar-refractivity contribution in [2.24, 2.45) is 0 Å². The lowest BCUT2D eigenvalue weighted by molar-refractivity contribution is 0.0772. The summed E-state index contributed by atoms with van der Waals surface area (Å²) in [6.45, 7) is 1.55. The smallest absolute Gasteiger partial charge is 0.253 e. The minimum atomic E-state index is -0.339. The number of nitrogens with zero attached hydrogens (tertiary/aromatic N) is 2. The minimum absolute atomic E-state index is 0.0208. The predicted molar refractivity (Wildman–Crippen MR) is 92.6 cm³/mol. The summed E-state index contributed by atoms with van der Waals surface area (Å²) < 4.78 is 19.0. The van der Waals surface area contributed by atoms with Crippen LogP contribution >= 0.6 is 11.8 Å². The van der Waals surface area contributed by atoms with Gasteiger partial charge >= 0.3 is 0 Å². The molecule has 1 aromatic heterocycles. The number of carbonyl (C=O) groups is 1. The lowest BCUT2D eigenvalue weighted by Gasteiger charge is -2.26. The molecule has 0 saturated carbocycles. The molecule has 0 spiro atoms. The molecule has 0 N–H and O–H groups in total. The number of benzene rings is 2. The summed E-state index contributed by atoms with van der Waals surface area (Å²) in [5.41, 5.74) is 2.37. The van der Waals surface area contributed by atoms with Crippen molar-refractivity contribution in [1.82, 2.24) is 9.88 Å². The number of rotatable bonds is 2. The molecule has 4 nitrogen and oxygen atoms in total. The highest BCUT2D eigenvalue weighted by Gasteiger charge is 2.19. The van der Waals surface area contributed by atoms with Crippen molar-refractivity contribution in [3.05, 3.63) is 53.8 Å². The van der Waals surface area contributed by atoms with Crippen LogP contribution in [0.1, 0.15) is 10.4 Å². The highest BCUT2D eigenvalue weighted by atomic mass is 32.2. The van der Waals surface area contributed by atoms with Gasteiger partial charge in [-0.05, 0) is 36.4 Å². The Morgan fingerprint density at radius 3 is 2.79 bits per heavy atom. The molecule has 24 heavy (non-hydrogen) atoms. The van der Waals surface area contributed by atoms with Gasteiger partial charge in [0.15, 0.2) is 5.58 Å². The van der Waals surface area contributed by atoms with E-state index in [-0.39, 0.29) is 11.7 Å². The summed E-state index contributed by atoms with van der Waals surface area (Å²) >= 11 is 1.86. The summed E-state index contributed by atoms with van der Waals surface area (Å²) in [6.07, 6.45) is 0. The molecule has 3 aromatic rings. The molecular formula is C18H15FN2O2S. The van der Waals surface area contributed by atoms with Crippen LogP contribution in [-0.2, 0) is 0 Å². The van der Waals surface area contributed by atoms with Gasteiger partial charge in [-0.2, -0.15) is 11.8 Å². The summed E-state index contributed by atoms with van der Waals surface area (Å²) in [5, 5.41) is 0. The highest BCUT2D eigenvalue weighted by molar-refractivity contribution is 7.99. The summed E-state index contributed by atoms with van der Waals surface area (Å²) in [6, 6.07) is 11.4. The summed E-state index contributed by atoms with van der Waals surface area (Å²) in [5.74, 6) is 1.98. The molecule has 0 bridgehead atoms. The molecule has 4 rings (SSSR count). The zero-order valence-corrected chi connectivity index (χ0v) is 13.7. The van der Waals surface area contributed by atoms with Crippen molar-refractivity contribution in [2.45, 2.75) is 0 Å². The second-order valence-electron chi connectivity index (χ2n) is 5.62. The SMILES string of the molecule is O=C(c1ccc2oc(-c3cccc(F)c3)nc2c1)N1CCSCC1. The zero-order valence-electron chi connectivity index (χ0n) is 12.9. The molecule has 122 valence electrons. The van der Waals surface area contributed by atoms with E-state index in [2.05, 4.69) is 4.98 Å². The Hall–Kier alpha value is -2.34. The van der Waals surface area contributed by atoms with Crippen LogP contribution in [0.2, 0.25) is 0 Å². The van der Waals surface area contributed by atoms with Gasteiger partial charge < -0.3 is 9.32 Å². The second-order valence-corrected chi connectivity index (χ2v) is 6.84. The second kappa shape index (κ2) is 6.28. The van der Waals surface area contributed by atoms with Crippen molar-refractivity contribution in [2.75, 3.05) is 24.6 Å². The van der Waals surface area contributed by atoms with E-state index >= 15 is 0 Å². The van der Waals surface area contributed by atoms with E-state index in [0.29, 0.717) is 28.1 Å². The van der Waals surface area contributed by atoms with Gasteiger partial charge in [-0.15, -0.1) is 0 Å². The Bertz CT molecular complexity index is 903. The fourth-order valence-corrected chi connectivity index (χ4v) is 3.66. The molecule has 1 saturated heterocycles. The number of amides is 1. The van der Waals surface area contributed by atoms with Crippen molar-refractivity contribution in [1.29, 1.82) is 0 Å². The molecule has 1 aliphatic rings. The maximum absolute atomic E-state index is 13.4. The van der Waals surface area contributed by atoms with Crippen molar-refractivity contribution in [3.8, 4) is 11.5 Å². The van der Waals surface area contributed by atoms with Gasteiger partial charge in [-0.1, -0.05) is 6.07 Å². The van der Waals surface area contributed by atoms with Crippen molar-refractivity contribution >= 4 is 28.8 Å². The van der Waals surface area contributed by atoms with Gasteiger partial charge in [0.2, 0.25) is 5.89 Å². The van der Waals surface area contributed by atoms with E-state index in [1.807, 2.05) is 16.7 Å². The molecule has 0 unspecified atom stereocenters. The first kappa shape index (κ1) is 15.2. The first-order chi connectivity index (χ1) is 11.7.